The van der Waals surface area contributed by atoms with Gasteiger partial charge in [-0.3, -0.25) is 4.79 Å². The monoisotopic (exact) mass is 284 g/mol. The highest BCUT2D eigenvalue weighted by Crippen LogP contribution is 2.22. The number of benzene rings is 2. The van der Waals surface area contributed by atoms with E-state index in [-0.39, 0.29) is 5.91 Å². The van der Waals surface area contributed by atoms with Crippen LogP contribution in [-0.4, -0.2) is 20.1 Å². The number of hydrogen-bond acceptors (Lipinski definition) is 3. The molecule has 0 aliphatic heterocycles. The fourth-order valence-corrected chi connectivity index (χ4v) is 2.24. The maximum atomic E-state index is 12.3. The van der Waals surface area contributed by atoms with Crippen LogP contribution in [0.25, 0.3) is 0 Å². The van der Waals surface area contributed by atoms with Gasteiger partial charge < -0.3 is 15.4 Å². The van der Waals surface area contributed by atoms with Crippen molar-refractivity contribution >= 4 is 17.3 Å². The van der Waals surface area contributed by atoms with Crippen molar-refractivity contribution < 1.29 is 9.53 Å². The van der Waals surface area contributed by atoms with Crippen LogP contribution in [0, 0.1) is 13.8 Å². The van der Waals surface area contributed by atoms with Gasteiger partial charge in [0, 0.05) is 24.0 Å². The zero-order valence-electron chi connectivity index (χ0n) is 12.8. The molecule has 0 aliphatic rings. The van der Waals surface area contributed by atoms with Crippen LogP contribution < -0.4 is 15.4 Å². The Balaban J connectivity index is 2.18. The van der Waals surface area contributed by atoms with E-state index in [1.54, 1.807) is 7.11 Å². The molecule has 2 aromatic rings. The highest BCUT2D eigenvalue weighted by atomic mass is 16.5. The number of hydrogen-bond donors (Lipinski definition) is 2. The first-order chi connectivity index (χ1) is 10.0. The third-order valence-electron chi connectivity index (χ3n) is 3.41. The molecule has 0 radical (unpaired) electrons. The van der Waals surface area contributed by atoms with Crippen molar-refractivity contribution in [2.75, 3.05) is 24.8 Å². The average Bonchev–Trinajstić information content (AvgIpc) is 2.47. The number of methoxy groups -OCH3 is 1. The third-order valence-corrected chi connectivity index (χ3v) is 3.41. The van der Waals surface area contributed by atoms with Gasteiger partial charge in [-0.25, -0.2) is 0 Å². The molecule has 0 bridgehead atoms. The van der Waals surface area contributed by atoms with Gasteiger partial charge in [0.2, 0.25) is 0 Å². The Morgan fingerprint density at radius 1 is 1.05 bits per heavy atom. The lowest BCUT2D eigenvalue weighted by atomic mass is 10.1. The second-order valence-corrected chi connectivity index (χ2v) is 4.92. The van der Waals surface area contributed by atoms with Gasteiger partial charge in [0.25, 0.3) is 5.91 Å². The average molecular weight is 284 g/mol. The maximum Gasteiger partial charge on any atom is 0.255 e. The highest BCUT2D eigenvalue weighted by Gasteiger charge is 2.09. The van der Waals surface area contributed by atoms with Crippen molar-refractivity contribution in [3.05, 3.63) is 53.1 Å². The Hall–Kier alpha value is -2.49. The number of carbonyl (C=O) groups is 1. The SMILES string of the molecule is CNc1ccc(C(=O)Nc2ccc(OC)c(C)c2)cc1C. The lowest BCUT2D eigenvalue weighted by molar-refractivity contribution is 0.102. The first-order valence-corrected chi connectivity index (χ1v) is 6.79. The van der Waals surface area contributed by atoms with Crippen LogP contribution in [-0.2, 0) is 0 Å². The minimum atomic E-state index is -0.120. The second kappa shape index (κ2) is 6.31. The highest BCUT2D eigenvalue weighted by molar-refractivity contribution is 6.04. The molecular weight excluding hydrogens is 264 g/mol. The van der Waals surface area contributed by atoms with Gasteiger partial charge in [-0.05, 0) is 61.4 Å². The van der Waals surface area contributed by atoms with Gasteiger partial charge in [0.05, 0.1) is 7.11 Å². The quantitative estimate of drug-likeness (QED) is 0.901. The van der Waals surface area contributed by atoms with E-state index in [0.717, 1.165) is 28.3 Å². The summed E-state index contributed by atoms with van der Waals surface area (Å²) in [6.07, 6.45) is 0. The predicted molar refractivity (Wildman–Crippen MR) is 86.4 cm³/mol. The summed E-state index contributed by atoms with van der Waals surface area (Å²) in [6.45, 7) is 3.92. The molecule has 4 nitrogen and oxygen atoms in total. The van der Waals surface area contributed by atoms with Crippen LogP contribution in [0.15, 0.2) is 36.4 Å². The smallest absolute Gasteiger partial charge is 0.255 e. The molecule has 0 unspecified atom stereocenters. The molecule has 21 heavy (non-hydrogen) atoms. The van der Waals surface area contributed by atoms with Crippen LogP contribution in [0.5, 0.6) is 5.75 Å². The standard InChI is InChI=1S/C17H20N2O2/c1-11-9-13(5-7-15(11)18-3)17(20)19-14-6-8-16(21-4)12(2)10-14/h5-10,18H,1-4H3,(H,19,20). The topological polar surface area (TPSA) is 50.4 Å². The number of carbonyl (C=O) groups excluding carboxylic acids is 1. The summed E-state index contributed by atoms with van der Waals surface area (Å²) in [4.78, 5) is 12.3. The largest absolute Gasteiger partial charge is 0.496 e. The van der Waals surface area contributed by atoms with Crippen LogP contribution in [0.1, 0.15) is 21.5 Å². The molecule has 0 spiro atoms. The molecule has 0 fully saturated rings. The van der Waals surface area contributed by atoms with Gasteiger partial charge in [-0.2, -0.15) is 0 Å². The Kier molecular flexibility index (Phi) is 4.48. The van der Waals surface area contributed by atoms with Crippen LogP contribution in [0.3, 0.4) is 0 Å². The van der Waals surface area contributed by atoms with E-state index in [0.29, 0.717) is 5.56 Å². The summed E-state index contributed by atoms with van der Waals surface area (Å²) in [7, 11) is 3.49. The van der Waals surface area contributed by atoms with Crippen molar-refractivity contribution in [1.82, 2.24) is 0 Å². The number of rotatable bonds is 4. The maximum absolute atomic E-state index is 12.3. The molecule has 0 atom stereocenters. The van der Waals surface area contributed by atoms with Gasteiger partial charge in [0.1, 0.15) is 5.75 Å². The predicted octanol–water partition coefficient (Wildman–Crippen LogP) is 3.61. The van der Waals surface area contributed by atoms with E-state index >= 15 is 0 Å². The van der Waals surface area contributed by atoms with Crippen molar-refractivity contribution in [3.8, 4) is 5.75 Å². The summed E-state index contributed by atoms with van der Waals surface area (Å²) < 4.78 is 5.21. The molecule has 0 aromatic heterocycles. The summed E-state index contributed by atoms with van der Waals surface area (Å²) in [5, 5.41) is 5.99. The molecule has 0 aliphatic carbocycles. The van der Waals surface area contributed by atoms with Crippen molar-refractivity contribution in [2.45, 2.75) is 13.8 Å². The molecule has 0 heterocycles. The van der Waals surface area contributed by atoms with E-state index in [4.69, 9.17) is 4.74 Å². The summed E-state index contributed by atoms with van der Waals surface area (Å²) >= 11 is 0. The lowest BCUT2D eigenvalue weighted by Gasteiger charge is -2.10. The van der Waals surface area contributed by atoms with Gasteiger partial charge >= 0.3 is 0 Å². The molecule has 0 saturated carbocycles. The molecule has 2 aromatic carbocycles. The van der Waals surface area contributed by atoms with Crippen LogP contribution in [0.4, 0.5) is 11.4 Å². The Morgan fingerprint density at radius 3 is 2.38 bits per heavy atom. The van der Waals surface area contributed by atoms with Crippen molar-refractivity contribution in [2.24, 2.45) is 0 Å². The molecule has 1 amide bonds. The summed E-state index contributed by atoms with van der Waals surface area (Å²) in [5.74, 6) is 0.688. The van der Waals surface area contributed by atoms with E-state index < -0.39 is 0 Å². The molecule has 110 valence electrons. The number of aryl methyl sites for hydroxylation is 2. The minimum absolute atomic E-state index is 0.120. The molecule has 2 rings (SSSR count). The molecule has 2 N–H and O–H groups in total. The normalized spacial score (nSPS) is 10.1. The van der Waals surface area contributed by atoms with Gasteiger partial charge in [-0.15, -0.1) is 0 Å². The number of amides is 1. The zero-order chi connectivity index (χ0) is 15.4. The van der Waals surface area contributed by atoms with E-state index in [2.05, 4.69) is 10.6 Å². The van der Waals surface area contributed by atoms with E-state index in [1.165, 1.54) is 0 Å². The number of anilines is 2. The van der Waals surface area contributed by atoms with Gasteiger partial charge in [0.15, 0.2) is 0 Å². The zero-order valence-corrected chi connectivity index (χ0v) is 12.8. The summed E-state index contributed by atoms with van der Waals surface area (Å²) in [6, 6.07) is 11.2. The summed E-state index contributed by atoms with van der Waals surface area (Å²) in [5.41, 5.74) is 4.44. The number of ether oxygens (including phenoxy) is 1. The van der Waals surface area contributed by atoms with Gasteiger partial charge in [-0.1, -0.05) is 0 Å². The fraction of sp³-hybridized carbons (Fsp3) is 0.235. The minimum Gasteiger partial charge on any atom is -0.496 e. The Bertz CT molecular complexity index is 666. The second-order valence-electron chi connectivity index (χ2n) is 4.92. The molecular formula is C17H20N2O2. The molecule has 0 saturated heterocycles. The lowest BCUT2D eigenvalue weighted by Crippen LogP contribution is -2.12. The molecule has 4 heteroatoms. The van der Waals surface area contributed by atoms with Crippen LogP contribution >= 0.6 is 0 Å². The number of nitrogens with one attached hydrogen (secondary N) is 2. The first-order valence-electron chi connectivity index (χ1n) is 6.79. The van der Waals surface area contributed by atoms with E-state index in [9.17, 15) is 4.79 Å². The third kappa shape index (κ3) is 3.34. The van der Waals surface area contributed by atoms with Crippen molar-refractivity contribution in [3.63, 3.8) is 0 Å². The Morgan fingerprint density at radius 2 is 1.81 bits per heavy atom. The van der Waals surface area contributed by atoms with Crippen LogP contribution in [0.2, 0.25) is 0 Å². The Labute approximate surface area is 125 Å². The van der Waals surface area contributed by atoms with E-state index in [1.807, 2.05) is 57.3 Å². The first kappa shape index (κ1) is 14.9. The van der Waals surface area contributed by atoms with Crippen molar-refractivity contribution in [1.29, 1.82) is 0 Å². The fourth-order valence-electron chi connectivity index (χ4n) is 2.24.